The number of hydrogen-bond acceptors (Lipinski definition) is 5. The Balaban J connectivity index is 2.24. The van der Waals surface area contributed by atoms with E-state index in [-0.39, 0.29) is 11.5 Å². The van der Waals surface area contributed by atoms with Gasteiger partial charge in [-0.1, -0.05) is 11.6 Å². The van der Waals surface area contributed by atoms with Crippen molar-refractivity contribution in [3.8, 4) is 17.6 Å². The zero-order valence-corrected chi connectivity index (χ0v) is 17.0. The van der Waals surface area contributed by atoms with E-state index in [0.717, 1.165) is 0 Å². The number of nitrogens with zero attached hydrogens (tertiary/aromatic N) is 1. The van der Waals surface area contributed by atoms with Crippen LogP contribution in [0.1, 0.15) is 19.4 Å². The molecule has 2 aromatic rings. The summed E-state index contributed by atoms with van der Waals surface area (Å²) in [7, 11) is 1.48. The number of amides is 2. The van der Waals surface area contributed by atoms with E-state index in [0.29, 0.717) is 40.1 Å². The van der Waals surface area contributed by atoms with E-state index < -0.39 is 5.91 Å². The monoisotopic (exact) mass is 413 g/mol. The standard InChI is InChI=1S/C21H20ClN3O4/c1-4-29-19-11-14(10-18(22)20(19)28-3)9-15(12-23)21(27)25-17-7-5-16(6-8-17)24-13(2)26/h5-11H,4H2,1-3H3,(H,24,26)(H,25,27)/b15-9+. The van der Waals surface area contributed by atoms with Gasteiger partial charge in [0.2, 0.25) is 5.91 Å². The maximum absolute atomic E-state index is 12.5. The molecule has 0 aliphatic heterocycles. The smallest absolute Gasteiger partial charge is 0.266 e. The molecule has 0 saturated heterocycles. The minimum Gasteiger partial charge on any atom is -0.491 e. The Hall–Kier alpha value is -3.50. The number of ether oxygens (including phenoxy) is 2. The minimum absolute atomic E-state index is 0.111. The molecule has 0 bridgehead atoms. The summed E-state index contributed by atoms with van der Waals surface area (Å²) < 4.78 is 10.7. The number of nitrogens with one attached hydrogen (secondary N) is 2. The molecule has 2 aromatic carbocycles. The second kappa shape index (κ2) is 10.2. The van der Waals surface area contributed by atoms with Crippen LogP contribution in [0.4, 0.5) is 11.4 Å². The third-order valence-corrected chi connectivity index (χ3v) is 3.96. The molecule has 0 spiro atoms. The van der Waals surface area contributed by atoms with Crippen molar-refractivity contribution in [2.75, 3.05) is 24.4 Å². The van der Waals surface area contributed by atoms with Crippen molar-refractivity contribution in [3.05, 3.63) is 52.6 Å². The van der Waals surface area contributed by atoms with Crippen LogP contribution in [0.25, 0.3) is 6.08 Å². The largest absolute Gasteiger partial charge is 0.491 e. The van der Waals surface area contributed by atoms with Gasteiger partial charge in [0.25, 0.3) is 5.91 Å². The molecule has 8 heteroatoms. The van der Waals surface area contributed by atoms with Crippen molar-refractivity contribution in [1.82, 2.24) is 0 Å². The summed E-state index contributed by atoms with van der Waals surface area (Å²) in [6, 6.07) is 11.6. The quantitative estimate of drug-likeness (QED) is 0.522. The fourth-order valence-electron chi connectivity index (χ4n) is 2.49. The lowest BCUT2D eigenvalue weighted by atomic mass is 10.1. The van der Waals surface area contributed by atoms with Crippen LogP contribution >= 0.6 is 11.6 Å². The number of rotatable bonds is 7. The summed E-state index contributed by atoms with van der Waals surface area (Å²) in [5, 5.41) is 15.0. The van der Waals surface area contributed by atoms with Gasteiger partial charge in [-0.25, -0.2) is 0 Å². The summed E-state index contributed by atoms with van der Waals surface area (Å²) in [5.41, 5.74) is 1.49. The number of halogens is 1. The molecular formula is C21H20ClN3O4. The van der Waals surface area contributed by atoms with Crippen LogP contribution < -0.4 is 20.1 Å². The van der Waals surface area contributed by atoms with Crippen LogP contribution in [0.15, 0.2) is 42.0 Å². The Morgan fingerprint density at radius 3 is 2.31 bits per heavy atom. The second-order valence-electron chi connectivity index (χ2n) is 5.85. The average Bonchev–Trinajstić information content (AvgIpc) is 2.67. The first-order valence-corrected chi connectivity index (χ1v) is 9.06. The van der Waals surface area contributed by atoms with Gasteiger partial charge in [-0.2, -0.15) is 5.26 Å². The SMILES string of the molecule is CCOc1cc(/C=C(\C#N)C(=O)Nc2ccc(NC(C)=O)cc2)cc(Cl)c1OC. The first-order valence-electron chi connectivity index (χ1n) is 8.69. The molecule has 0 saturated carbocycles. The molecule has 2 N–H and O–H groups in total. The van der Waals surface area contributed by atoms with Gasteiger partial charge in [0, 0.05) is 18.3 Å². The molecule has 0 heterocycles. The number of benzene rings is 2. The van der Waals surface area contributed by atoms with Crippen LogP contribution in [0, 0.1) is 11.3 Å². The maximum Gasteiger partial charge on any atom is 0.266 e. The van der Waals surface area contributed by atoms with E-state index in [1.165, 1.54) is 20.1 Å². The molecule has 29 heavy (non-hydrogen) atoms. The normalized spacial score (nSPS) is 10.7. The Kier molecular flexibility index (Phi) is 7.63. The highest BCUT2D eigenvalue weighted by atomic mass is 35.5. The van der Waals surface area contributed by atoms with Crippen molar-refractivity contribution in [2.45, 2.75) is 13.8 Å². The highest BCUT2D eigenvalue weighted by molar-refractivity contribution is 6.32. The summed E-state index contributed by atoms with van der Waals surface area (Å²) in [6.07, 6.45) is 1.41. The number of hydrogen-bond donors (Lipinski definition) is 2. The predicted molar refractivity (Wildman–Crippen MR) is 112 cm³/mol. The van der Waals surface area contributed by atoms with Crippen molar-refractivity contribution in [1.29, 1.82) is 5.26 Å². The van der Waals surface area contributed by atoms with Gasteiger partial charge in [-0.15, -0.1) is 0 Å². The number of methoxy groups -OCH3 is 1. The van der Waals surface area contributed by atoms with Gasteiger partial charge in [0.05, 0.1) is 18.7 Å². The second-order valence-corrected chi connectivity index (χ2v) is 6.26. The van der Waals surface area contributed by atoms with Crippen molar-refractivity contribution in [2.24, 2.45) is 0 Å². The van der Waals surface area contributed by atoms with Crippen molar-refractivity contribution >= 4 is 40.9 Å². The third-order valence-electron chi connectivity index (χ3n) is 3.68. The zero-order valence-electron chi connectivity index (χ0n) is 16.2. The molecule has 0 fully saturated rings. The molecule has 2 rings (SSSR count). The Morgan fingerprint density at radius 2 is 1.79 bits per heavy atom. The number of anilines is 2. The maximum atomic E-state index is 12.5. The zero-order chi connectivity index (χ0) is 21.4. The molecule has 0 aliphatic carbocycles. The lowest BCUT2D eigenvalue weighted by Crippen LogP contribution is -2.13. The van der Waals surface area contributed by atoms with Crippen LogP contribution in [0.3, 0.4) is 0 Å². The highest BCUT2D eigenvalue weighted by Gasteiger charge is 2.14. The fourth-order valence-corrected chi connectivity index (χ4v) is 2.78. The van der Waals surface area contributed by atoms with Crippen molar-refractivity contribution < 1.29 is 19.1 Å². The summed E-state index contributed by atoms with van der Waals surface area (Å²) in [4.78, 5) is 23.5. The molecule has 0 unspecified atom stereocenters. The van der Waals surface area contributed by atoms with Crippen LogP contribution in [-0.4, -0.2) is 25.5 Å². The van der Waals surface area contributed by atoms with Gasteiger partial charge in [-0.3, -0.25) is 9.59 Å². The Morgan fingerprint density at radius 1 is 1.17 bits per heavy atom. The van der Waals surface area contributed by atoms with E-state index in [9.17, 15) is 14.9 Å². The molecule has 0 atom stereocenters. The molecule has 0 radical (unpaired) electrons. The van der Waals surface area contributed by atoms with Crippen LogP contribution in [0.5, 0.6) is 11.5 Å². The van der Waals surface area contributed by atoms with E-state index >= 15 is 0 Å². The van der Waals surface area contributed by atoms with Gasteiger partial charge in [-0.05, 0) is 55.0 Å². The molecule has 150 valence electrons. The lowest BCUT2D eigenvalue weighted by Gasteiger charge is -2.12. The van der Waals surface area contributed by atoms with Gasteiger partial charge in [0.1, 0.15) is 11.6 Å². The van der Waals surface area contributed by atoms with Gasteiger partial charge < -0.3 is 20.1 Å². The van der Waals surface area contributed by atoms with Crippen LogP contribution in [-0.2, 0) is 9.59 Å². The molecular weight excluding hydrogens is 394 g/mol. The summed E-state index contributed by atoms with van der Waals surface area (Å²) >= 11 is 6.21. The third kappa shape index (κ3) is 5.99. The topological polar surface area (TPSA) is 100 Å². The number of carbonyl (C=O) groups is 2. The lowest BCUT2D eigenvalue weighted by molar-refractivity contribution is -0.114. The van der Waals surface area contributed by atoms with E-state index in [1.807, 2.05) is 13.0 Å². The first-order chi connectivity index (χ1) is 13.9. The number of nitriles is 1. The summed E-state index contributed by atoms with van der Waals surface area (Å²) in [5.74, 6) is 0.0265. The van der Waals surface area contributed by atoms with E-state index in [1.54, 1.807) is 36.4 Å². The Labute approximate surface area is 173 Å². The van der Waals surface area contributed by atoms with Gasteiger partial charge in [0.15, 0.2) is 11.5 Å². The molecule has 2 amide bonds. The van der Waals surface area contributed by atoms with E-state index in [4.69, 9.17) is 21.1 Å². The highest BCUT2D eigenvalue weighted by Crippen LogP contribution is 2.37. The first kappa shape index (κ1) is 21.8. The van der Waals surface area contributed by atoms with Crippen LogP contribution in [0.2, 0.25) is 5.02 Å². The van der Waals surface area contributed by atoms with Gasteiger partial charge >= 0.3 is 0 Å². The Bertz CT molecular complexity index is 979. The molecule has 0 aliphatic rings. The summed E-state index contributed by atoms with van der Waals surface area (Å²) in [6.45, 7) is 3.63. The molecule has 0 aromatic heterocycles. The fraction of sp³-hybridized carbons (Fsp3) is 0.190. The van der Waals surface area contributed by atoms with E-state index in [2.05, 4.69) is 10.6 Å². The molecule has 7 nitrogen and oxygen atoms in total. The average molecular weight is 414 g/mol. The van der Waals surface area contributed by atoms with Crippen molar-refractivity contribution in [3.63, 3.8) is 0 Å². The number of carbonyl (C=O) groups excluding carboxylic acids is 2. The predicted octanol–water partition coefficient (Wildman–Crippen LogP) is 4.25. The minimum atomic E-state index is -0.579.